The predicted octanol–water partition coefficient (Wildman–Crippen LogP) is 3.74. The fourth-order valence-electron chi connectivity index (χ4n) is 3.27. The van der Waals surface area contributed by atoms with Crippen molar-refractivity contribution in [1.82, 2.24) is 10.2 Å². The maximum Gasteiger partial charge on any atom is 0.257 e. The van der Waals surface area contributed by atoms with E-state index < -0.39 is 0 Å². The number of nitrogens with zero attached hydrogens (tertiary/aromatic N) is 1. The summed E-state index contributed by atoms with van der Waals surface area (Å²) in [5.74, 6) is 1.99. The predicted molar refractivity (Wildman–Crippen MR) is 110 cm³/mol. The van der Waals surface area contributed by atoms with Crippen LogP contribution >= 0.6 is 0 Å². The third-order valence-electron chi connectivity index (χ3n) is 5.01. The Morgan fingerprint density at radius 1 is 1.26 bits per heavy atom. The molecule has 1 fully saturated rings. The highest BCUT2D eigenvalue weighted by Crippen LogP contribution is 2.28. The summed E-state index contributed by atoms with van der Waals surface area (Å²) in [4.78, 5) is 14.5. The van der Waals surface area contributed by atoms with Crippen LogP contribution < -0.4 is 14.8 Å². The van der Waals surface area contributed by atoms with Crippen LogP contribution in [0.4, 0.5) is 0 Å². The average Bonchev–Trinajstić information content (AvgIpc) is 2.68. The quantitative estimate of drug-likeness (QED) is 0.634. The summed E-state index contributed by atoms with van der Waals surface area (Å²) in [5, 5.41) is 2.93. The van der Waals surface area contributed by atoms with E-state index in [9.17, 15) is 4.79 Å². The summed E-state index contributed by atoms with van der Waals surface area (Å²) < 4.78 is 11.0. The molecular formula is C22H34N2O3. The number of hydrogen-bond donors (Lipinski definition) is 1. The minimum atomic E-state index is -0.0959. The normalized spacial score (nSPS) is 15.8. The van der Waals surface area contributed by atoms with Crippen LogP contribution in [-0.4, -0.2) is 50.7 Å². The van der Waals surface area contributed by atoms with Crippen LogP contribution in [0, 0.1) is 5.92 Å². The van der Waals surface area contributed by atoms with Gasteiger partial charge in [0.05, 0.1) is 7.11 Å². The third kappa shape index (κ3) is 7.63. The summed E-state index contributed by atoms with van der Waals surface area (Å²) in [6.45, 7) is 8.57. The first kappa shape index (κ1) is 21.3. The first-order valence-electron chi connectivity index (χ1n) is 10.0. The van der Waals surface area contributed by atoms with E-state index in [0.717, 1.165) is 30.9 Å². The highest BCUT2D eigenvalue weighted by Gasteiger charge is 2.14. The molecule has 2 rings (SSSR count). The van der Waals surface area contributed by atoms with Crippen LogP contribution in [0.2, 0.25) is 0 Å². The van der Waals surface area contributed by atoms with Gasteiger partial charge in [-0.1, -0.05) is 25.1 Å². The molecule has 1 aliphatic rings. The Hall–Kier alpha value is -2.01. The van der Waals surface area contributed by atoms with Crippen molar-refractivity contribution >= 4 is 12.0 Å². The number of unbranched alkanes of at least 4 members (excludes halogenated alkanes) is 1. The molecule has 27 heavy (non-hydrogen) atoms. The summed E-state index contributed by atoms with van der Waals surface area (Å²) in [5.41, 5.74) is 1.04. The van der Waals surface area contributed by atoms with Crippen LogP contribution in [0.5, 0.6) is 11.5 Å². The van der Waals surface area contributed by atoms with Gasteiger partial charge in [0.15, 0.2) is 18.1 Å². The van der Waals surface area contributed by atoms with Crippen molar-refractivity contribution in [3.8, 4) is 11.5 Å². The maximum atomic E-state index is 12.0. The second kappa shape index (κ2) is 11.7. The summed E-state index contributed by atoms with van der Waals surface area (Å²) in [6, 6.07) is 5.67. The molecule has 0 radical (unpaired) electrons. The summed E-state index contributed by atoms with van der Waals surface area (Å²) in [6.07, 6.45) is 8.70. The van der Waals surface area contributed by atoms with Crippen molar-refractivity contribution in [3.05, 3.63) is 29.8 Å². The average molecular weight is 375 g/mol. The number of ether oxygens (including phenoxy) is 2. The highest BCUT2D eigenvalue weighted by molar-refractivity contribution is 5.77. The van der Waals surface area contributed by atoms with Gasteiger partial charge in [-0.25, -0.2) is 0 Å². The number of rotatable bonds is 10. The molecule has 1 amide bonds. The van der Waals surface area contributed by atoms with Gasteiger partial charge in [0.2, 0.25) is 0 Å². The minimum absolute atomic E-state index is 0.00331. The Kier molecular flexibility index (Phi) is 9.19. The lowest BCUT2D eigenvalue weighted by molar-refractivity contribution is -0.123. The second-order valence-corrected chi connectivity index (χ2v) is 7.28. The maximum absolute atomic E-state index is 12.0. The van der Waals surface area contributed by atoms with Gasteiger partial charge in [-0.3, -0.25) is 4.79 Å². The Bertz CT molecular complexity index is 608. The molecule has 0 atom stereocenters. The molecule has 0 spiro atoms. The van der Waals surface area contributed by atoms with Gasteiger partial charge in [0, 0.05) is 6.54 Å². The number of likely N-dealkylation sites (tertiary alicyclic amines) is 1. The van der Waals surface area contributed by atoms with Crippen molar-refractivity contribution in [2.24, 2.45) is 5.92 Å². The molecule has 5 heteroatoms. The van der Waals surface area contributed by atoms with E-state index in [4.69, 9.17) is 9.47 Å². The minimum Gasteiger partial charge on any atom is -0.493 e. The van der Waals surface area contributed by atoms with Gasteiger partial charge in [0.1, 0.15) is 0 Å². The molecule has 1 heterocycles. The Balaban J connectivity index is 1.62. The third-order valence-corrected chi connectivity index (χ3v) is 5.01. The summed E-state index contributed by atoms with van der Waals surface area (Å²) in [7, 11) is 1.60. The lowest BCUT2D eigenvalue weighted by Gasteiger charge is -2.30. The number of hydrogen-bond acceptors (Lipinski definition) is 4. The zero-order valence-electron chi connectivity index (χ0n) is 17.0. The van der Waals surface area contributed by atoms with E-state index >= 15 is 0 Å². The fraction of sp³-hybridized carbons (Fsp3) is 0.591. The van der Waals surface area contributed by atoms with Crippen LogP contribution in [0.3, 0.4) is 0 Å². The number of nitrogens with one attached hydrogen (secondary N) is 1. The lowest BCUT2D eigenvalue weighted by Crippen LogP contribution is -2.34. The van der Waals surface area contributed by atoms with E-state index in [1.54, 1.807) is 7.11 Å². The van der Waals surface area contributed by atoms with Crippen molar-refractivity contribution in [3.63, 3.8) is 0 Å². The highest BCUT2D eigenvalue weighted by atomic mass is 16.5. The van der Waals surface area contributed by atoms with E-state index in [1.165, 1.54) is 25.9 Å². The van der Waals surface area contributed by atoms with Gasteiger partial charge in [0.25, 0.3) is 5.91 Å². The Morgan fingerprint density at radius 2 is 2.04 bits per heavy atom. The van der Waals surface area contributed by atoms with Gasteiger partial charge in [-0.2, -0.15) is 0 Å². The van der Waals surface area contributed by atoms with E-state index in [0.29, 0.717) is 18.0 Å². The first-order chi connectivity index (χ1) is 13.1. The van der Waals surface area contributed by atoms with Crippen LogP contribution in [0.15, 0.2) is 24.3 Å². The molecule has 1 N–H and O–H groups in total. The zero-order valence-corrected chi connectivity index (χ0v) is 17.0. The smallest absolute Gasteiger partial charge is 0.257 e. The van der Waals surface area contributed by atoms with Crippen molar-refractivity contribution in [1.29, 1.82) is 0 Å². The lowest BCUT2D eigenvalue weighted by atomic mass is 9.99. The molecule has 0 saturated carbocycles. The molecule has 0 bridgehead atoms. The molecule has 0 unspecified atom stereocenters. The number of amides is 1. The molecule has 150 valence electrons. The monoisotopic (exact) mass is 374 g/mol. The largest absolute Gasteiger partial charge is 0.493 e. The SMILES string of the molecule is CC=Cc1ccc(OCC(=O)NCCCCN2CCC(C)CC2)c(OC)c1. The van der Waals surface area contributed by atoms with E-state index in [-0.39, 0.29) is 12.5 Å². The summed E-state index contributed by atoms with van der Waals surface area (Å²) >= 11 is 0. The van der Waals surface area contributed by atoms with Crippen molar-refractivity contribution in [2.75, 3.05) is 39.9 Å². The van der Waals surface area contributed by atoms with E-state index in [1.807, 2.05) is 37.3 Å². The molecular weight excluding hydrogens is 340 g/mol. The molecule has 0 aliphatic carbocycles. The van der Waals surface area contributed by atoms with Crippen LogP contribution in [-0.2, 0) is 4.79 Å². The number of carbonyl (C=O) groups excluding carboxylic acids is 1. The van der Waals surface area contributed by atoms with Crippen LogP contribution in [0.1, 0.15) is 45.1 Å². The van der Waals surface area contributed by atoms with Gasteiger partial charge in [-0.05, 0) is 75.9 Å². The topological polar surface area (TPSA) is 50.8 Å². The first-order valence-corrected chi connectivity index (χ1v) is 10.0. The fourth-order valence-corrected chi connectivity index (χ4v) is 3.27. The van der Waals surface area contributed by atoms with Gasteiger partial charge < -0.3 is 19.7 Å². The Labute approximate surface area is 163 Å². The zero-order chi connectivity index (χ0) is 19.5. The van der Waals surface area contributed by atoms with E-state index in [2.05, 4.69) is 17.1 Å². The number of allylic oxidation sites excluding steroid dienone is 1. The molecule has 0 aromatic heterocycles. The van der Waals surface area contributed by atoms with Crippen molar-refractivity contribution < 1.29 is 14.3 Å². The molecule has 5 nitrogen and oxygen atoms in total. The Morgan fingerprint density at radius 3 is 2.74 bits per heavy atom. The number of piperidine rings is 1. The molecule has 1 aromatic rings. The van der Waals surface area contributed by atoms with Crippen molar-refractivity contribution in [2.45, 2.75) is 39.5 Å². The second-order valence-electron chi connectivity index (χ2n) is 7.28. The molecule has 1 aliphatic heterocycles. The van der Waals surface area contributed by atoms with Crippen LogP contribution in [0.25, 0.3) is 6.08 Å². The number of carbonyl (C=O) groups is 1. The number of benzene rings is 1. The van der Waals surface area contributed by atoms with Gasteiger partial charge >= 0.3 is 0 Å². The number of methoxy groups -OCH3 is 1. The van der Waals surface area contributed by atoms with Gasteiger partial charge in [-0.15, -0.1) is 0 Å². The molecule has 1 aromatic carbocycles. The standard InChI is InChI=1S/C22H34N2O3/c1-4-7-19-8-9-20(21(16-19)26-3)27-17-22(25)23-12-5-6-13-24-14-10-18(2)11-15-24/h4,7-9,16,18H,5-6,10-15,17H2,1-3H3,(H,23,25). The molecule has 1 saturated heterocycles.